The largest absolute Gasteiger partial charge is 0.469 e. The normalized spacial score (nSPS) is 10.2. The highest BCUT2D eigenvalue weighted by Crippen LogP contribution is 2.22. The molecule has 0 aromatic carbocycles. The molecule has 106 valence electrons. The molecule has 7 nitrogen and oxygen atoms in total. The number of nitrogens with zero attached hydrogens (tertiary/aromatic N) is 2. The lowest BCUT2D eigenvalue weighted by Crippen LogP contribution is -2.05. The van der Waals surface area contributed by atoms with E-state index in [0.717, 1.165) is 6.42 Å². The summed E-state index contributed by atoms with van der Waals surface area (Å²) in [5.74, 6) is 1.24. The van der Waals surface area contributed by atoms with Crippen molar-refractivity contribution in [1.82, 2.24) is 4.98 Å². The minimum Gasteiger partial charge on any atom is -0.469 e. The fourth-order valence-corrected chi connectivity index (χ4v) is 1.55. The molecular weight excluding hydrogens is 262 g/mol. The highest BCUT2D eigenvalue weighted by molar-refractivity contribution is 5.48. The molecule has 0 unspecified atom stereocenters. The van der Waals surface area contributed by atoms with Crippen LogP contribution in [-0.2, 0) is 6.61 Å². The van der Waals surface area contributed by atoms with Crippen molar-refractivity contribution in [2.24, 2.45) is 0 Å². The first-order chi connectivity index (χ1) is 9.69. The molecule has 2 heterocycles. The SMILES string of the molecule is CCCNc1cc([N+](=O)[O-])cc(OCc2ccco2)n1. The van der Waals surface area contributed by atoms with E-state index >= 15 is 0 Å². The Kier molecular flexibility index (Phi) is 4.54. The van der Waals surface area contributed by atoms with E-state index in [2.05, 4.69) is 10.3 Å². The lowest BCUT2D eigenvalue weighted by Gasteiger charge is -2.07. The Labute approximate surface area is 115 Å². The van der Waals surface area contributed by atoms with Crippen LogP contribution in [0.3, 0.4) is 0 Å². The summed E-state index contributed by atoms with van der Waals surface area (Å²) in [6, 6.07) is 6.18. The highest BCUT2D eigenvalue weighted by Gasteiger charge is 2.12. The van der Waals surface area contributed by atoms with Crippen molar-refractivity contribution in [1.29, 1.82) is 0 Å². The molecule has 0 spiro atoms. The average Bonchev–Trinajstić information content (AvgIpc) is 2.96. The molecule has 0 atom stereocenters. The maximum Gasteiger partial charge on any atom is 0.278 e. The molecule has 0 amide bonds. The van der Waals surface area contributed by atoms with Crippen LogP contribution in [0.5, 0.6) is 5.88 Å². The van der Waals surface area contributed by atoms with Crippen LogP contribution in [0.25, 0.3) is 0 Å². The quantitative estimate of drug-likeness (QED) is 0.618. The summed E-state index contributed by atoms with van der Waals surface area (Å²) in [5, 5.41) is 13.9. The Bertz CT molecular complexity index is 569. The van der Waals surface area contributed by atoms with Crippen molar-refractivity contribution in [3.05, 3.63) is 46.4 Å². The topological polar surface area (TPSA) is 90.4 Å². The van der Waals surface area contributed by atoms with Crippen LogP contribution in [0.15, 0.2) is 34.9 Å². The van der Waals surface area contributed by atoms with Gasteiger partial charge >= 0.3 is 0 Å². The predicted molar refractivity (Wildman–Crippen MR) is 72.7 cm³/mol. The van der Waals surface area contributed by atoms with Gasteiger partial charge in [-0.05, 0) is 18.6 Å². The Morgan fingerprint density at radius 3 is 3.00 bits per heavy atom. The number of anilines is 1. The van der Waals surface area contributed by atoms with E-state index in [1.807, 2.05) is 6.92 Å². The number of nitrogens with one attached hydrogen (secondary N) is 1. The Hall–Kier alpha value is -2.57. The number of furan rings is 1. The van der Waals surface area contributed by atoms with Crippen LogP contribution in [0.4, 0.5) is 11.5 Å². The molecule has 0 aliphatic carbocycles. The maximum absolute atomic E-state index is 10.9. The first-order valence-electron chi connectivity index (χ1n) is 6.24. The second kappa shape index (κ2) is 6.55. The Morgan fingerprint density at radius 2 is 2.35 bits per heavy atom. The summed E-state index contributed by atoms with van der Waals surface area (Å²) >= 11 is 0. The molecule has 2 rings (SSSR count). The van der Waals surface area contributed by atoms with Crippen molar-refractivity contribution in [2.45, 2.75) is 20.0 Å². The third kappa shape index (κ3) is 3.71. The number of hydrogen-bond donors (Lipinski definition) is 1. The zero-order valence-corrected chi connectivity index (χ0v) is 11.0. The third-order valence-electron chi connectivity index (χ3n) is 2.50. The van der Waals surface area contributed by atoms with Crippen LogP contribution >= 0.6 is 0 Å². The summed E-state index contributed by atoms with van der Waals surface area (Å²) in [4.78, 5) is 14.6. The number of rotatable bonds is 7. The fraction of sp³-hybridized carbons (Fsp3) is 0.308. The van der Waals surface area contributed by atoms with E-state index in [1.165, 1.54) is 18.4 Å². The molecule has 0 saturated carbocycles. The lowest BCUT2D eigenvalue weighted by atomic mass is 10.3. The van der Waals surface area contributed by atoms with Crippen molar-refractivity contribution >= 4 is 11.5 Å². The van der Waals surface area contributed by atoms with Crippen LogP contribution in [0.2, 0.25) is 0 Å². The van der Waals surface area contributed by atoms with E-state index in [4.69, 9.17) is 9.15 Å². The molecule has 7 heteroatoms. The van der Waals surface area contributed by atoms with Crippen LogP contribution in [-0.4, -0.2) is 16.5 Å². The van der Waals surface area contributed by atoms with Gasteiger partial charge in [0.15, 0.2) is 0 Å². The molecule has 2 aromatic rings. The monoisotopic (exact) mass is 277 g/mol. The third-order valence-corrected chi connectivity index (χ3v) is 2.50. The summed E-state index contributed by atoms with van der Waals surface area (Å²) in [6.45, 7) is 2.86. The van der Waals surface area contributed by atoms with Gasteiger partial charge in [0.2, 0.25) is 5.88 Å². The molecule has 1 N–H and O–H groups in total. The molecule has 0 saturated heterocycles. The molecule has 20 heavy (non-hydrogen) atoms. The van der Waals surface area contributed by atoms with E-state index in [1.54, 1.807) is 12.1 Å². The average molecular weight is 277 g/mol. The van der Waals surface area contributed by atoms with Gasteiger partial charge < -0.3 is 14.5 Å². The van der Waals surface area contributed by atoms with Gasteiger partial charge in [0, 0.05) is 6.54 Å². The van der Waals surface area contributed by atoms with Crippen molar-refractivity contribution in [3.8, 4) is 5.88 Å². The molecule has 0 radical (unpaired) electrons. The minimum atomic E-state index is -0.474. The molecule has 0 fully saturated rings. The van der Waals surface area contributed by atoms with Gasteiger partial charge in [-0.15, -0.1) is 0 Å². The van der Waals surface area contributed by atoms with Crippen molar-refractivity contribution in [2.75, 3.05) is 11.9 Å². The summed E-state index contributed by atoms with van der Waals surface area (Å²) in [5.41, 5.74) is -0.0620. The summed E-state index contributed by atoms with van der Waals surface area (Å²) in [6.07, 6.45) is 2.43. The number of nitro groups is 1. The van der Waals surface area contributed by atoms with Crippen molar-refractivity contribution < 1.29 is 14.1 Å². The molecule has 2 aromatic heterocycles. The maximum atomic E-state index is 10.9. The fourth-order valence-electron chi connectivity index (χ4n) is 1.55. The first-order valence-corrected chi connectivity index (χ1v) is 6.24. The number of pyridine rings is 1. The molecular formula is C13H15N3O4. The Morgan fingerprint density at radius 1 is 1.50 bits per heavy atom. The molecule has 0 aliphatic heterocycles. The van der Waals surface area contributed by atoms with Crippen LogP contribution in [0, 0.1) is 10.1 Å². The lowest BCUT2D eigenvalue weighted by molar-refractivity contribution is -0.384. The van der Waals surface area contributed by atoms with E-state index < -0.39 is 4.92 Å². The predicted octanol–water partition coefficient (Wildman–Crippen LogP) is 2.98. The van der Waals surface area contributed by atoms with Crippen LogP contribution < -0.4 is 10.1 Å². The minimum absolute atomic E-state index is 0.0620. The van der Waals surface area contributed by atoms with Gasteiger partial charge in [0.25, 0.3) is 5.69 Å². The van der Waals surface area contributed by atoms with E-state index in [9.17, 15) is 10.1 Å². The second-order valence-electron chi connectivity index (χ2n) is 4.10. The Balaban J connectivity index is 2.13. The molecule has 0 bridgehead atoms. The van der Waals surface area contributed by atoms with Gasteiger partial charge in [0.1, 0.15) is 18.2 Å². The number of aromatic nitrogens is 1. The summed E-state index contributed by atoms with van der Waals surface area (Å²) in [7, 11) is 0. The standard InChI is InChI=1S/C13H15N3O4/c1-2-5-14-12-7-10(16(17)18)8-13(15-12)20-9-11-4-3-6-19-11/h3-4,6-8H,2,5,9H2,1H3,(H,14,15). The van der Waals surface area contributed by atoms with Crippen molar-refractivity contribution in [3.63, 3.8) is 0 Å². The van der Waals surface area contributed by atoms with E-state index in [0.29, 0.717) is 18.1 Å². The van der Waals surface area contributed by atoms with Gasteiger partial charge in [-0.25, -0.2) is 0 Å². The first kappa shape index (κ1) is 13.9. The van der Waals surface area contributed by atoms with Gasteiger partial charge in [-0.3, -0.25) is 10.1 Å². The number of hydrogen-bond acceptors (Lipinski definition) is 6. The zero-order chi connectivity index (χ0) is 14.4. The highest BCUT2D eigenvalue weighted by atomic mass is 16.6. The number of ether oxygens (including phenoxy) is 1. The zero-order valence-electron chi connectivity index (χ0n) is 11.0. The van der Waals surface area contributed by atoms with Gasteiger partial charge in [-0.1, -0.05) is 6.92 Å². The summed E-state index contributed by atoms with van der Waals surface area (Å²) < 4.78 is 10.5. The molecule has 0 aliphatic rings. The second-order valence-corrected chi connectivity index (χ2v) is 4.10. The van der Waals surface area contributed by atoms with E-state index in [-0.39, 0.29) is 18.2 Å². The van der Waals surface area contributed by atoms with Gasteiger partial charge in [0.05, 0.1) is 23.3 Å². The van der Waals surface area contributed by atoms with Gasteiger partial charge in [-0.2, -0.15) is 4.98 Å². The van der Waals surface area contributed by atoms with Crippen LogP contribution in [0.1, 0.15) is 19.1 Å². The smallest absolute Gasteiger partial charge is 0.278 e.